The summed E-state index contributed by atoms with van der Waals surface area (Å²) in [6.07, 6.45) is 1.79. The Hall–Kier alpha value is -1.62. The van der Waals surface area contributed by atoms with Gasteiger partial charge >= 0.3 is 5.97 Å². The third-order valence-electron chi connectivity index (χ3n) is 2.79. The molecule has 1 aromatic rings. The highest BCUT2D eigenvalue weighted by atomic mass is 19.1. The maximum absolute atomic E-state index is 13.8. The van der Waals surface area contributed by atoms with Crippen molar-refractivity contribution in [2.24, 2.45) is 0 Å². The summed E-state index contributed by atoms with van der Waals surface area (Å²) in [7, 11) is 1.34. The van der Waals surface area contributed by atoms with Crippen LogP contribution >= 0.6 is 0 Å². The van der Waals surface area contributed by atoms with E-state index in [1.165, 1.54) is 13.2 Å². The number of ether oxygens (including phenoxy) is 2. The zero-order valence-corrected chi connectivity index (χ0v) is 12.1. The van der Waals surface area contributed by atoms with E-state index in [1.807, 2.05) is 6.07 Å². The van der Waals surface area contributed by atoms with Crippen LogP contribution in [0, 0.1) is 5.82 Å². The van der Waals surface area contributed by atoms with Crippen LogP contribution in [0.5, 0.6) is 5.75 Å². The first kappa shape index (κ1) is 16.4. The van der Waals surface area contributed by atoms with Gasteiger partial charge in [0.2, 0.25) is 0 Å². The highest BCUT2D eigenvalue weighted by molar-refractivity contribution is 5.69. The highest BCUT2D eigenvalue weighted by Crippen LogP contribution is 2.22. The van der Waals surface area contributed by atoms with Gasteiger partial charge in [0.05, 0.1) is 13.7 Å². The van der Waals surface area contributed by atoms with E-state index in [-0.39, 0.29) is 30.6 Å². The van der Waals surface area contributed by atoms with Crippen LogP contribution in [-0.4, -0.2) is 26.2 Å². The van der Waals surface area contributed by atoms with Gasteiger partial charge in [-0.1, -0.05) is 19.1 Å². The molecule has 0 aliphatic heterocycles. The minimum atomic E-state index is -0.376. The Morgan fingerprint density at radius 2 is 2.20 bits per heavy atom. The summed E-state index contributed by atoms with van der Waals surface area (Å²) in [5.74, 6) is -0.396. The molecule has 0 fully saturated rings. The van der Waals surface area contributed by atoms with Crippen LogP contribution in [0.25, 0.3) is 0 Å². The Labute approximate surface area is 119 Å². The van der Waals surface area contributed by atoms with Gasteiger partial charge in [-0.15, -0.1) is 0 Å². The molecule has 5 heteroatoms. The normalized spacial score (nSPS) is 10.3. The standard InChI is InChI=1S/C15H22FNO3/c1-3-9-17-11-12-6-4-7-13(16)15(12)20-10-5-8-14(18)19-2/h4,6-7,17H,3,5,8-11H2,1-2H3. The van der Waals surface area contributed by atoms with Crippen molar-refractivity contribution in [3.8, 4) is 5.75 Å². The van der Waals surface area contributed by atoms with Gasteiger partial charge in [0.1, 0.15) is 0 Å². The van der Waals surface area contributed by atoms with Crippen LogP contribution in [0.3, 0.4) is 0 Å². The molecule has 0 atom stereocenters. The molecule has 0 heterocycles. The van der Waals surface area contributed by atoms with Gasteiger partial charge < -0.3 is 14.8 Å². The maximum Gasteiger partial charge on any atom is 0.305 e. The molecule has 0 bridgehead atoms. The second kappa shape index (κ2) is 9.31. The zero-order valence-electron chi connectivity index (χ0n) is 12.1. The van der Waals surface area contributed by atoms with Gasteiger partial charge in [0, 0.05) is 18.5 Å². The van der Waals surface area contributed by atoms with Gasteiger partial charge in [-0.05, 0) is 25.5 Å². The lowest BCUT2D eigenvalue weighted by atomic mass is 10.2. The van der Waals surface area contributed by atoms with Crippen molar-refractivity contribution in [1.82, 2.24) is 5.32 Å². The van der Waals surface area contributed by atoms with E-state index in [0.29, 0.717) is 13.0 Å². The number of methoxy groups -OCH3 is 1. The molecule has 0 amide bonds. The lowest BCUT2D eigenvalue weighted by Gasteiger charge is -2.12. The predicted octanol–water partition coefficient (Wildman–Crippen LogP) is 2.66. The van der Waals surface area contributed by atoms with Crippen LogP contribution in [0.4, 0.5) is 4.39 Å². The van der Waals surface area contributed by atoms with Crippen LogP contribution < -0.4 is 10.1 Å². The number of para-hydroxylation sites is 1. The summed E-state index contributed by atoms with van der Waals surface area (Å²) in [6, 6.07) is 4.87. The Bertz CT molecular complexity index is 424. The molecule has 0 saturated heterocycles. The highest BCUT2D eigenvalue weighted by Gasteiger charge is 2.10. The van der Waals surface area contributed by atoms with E-state index in [9.17, 15) is 9.18 Å². The Balaban J connectivity index is 2.51. The van der Waals surface area contributed by atoms with E-state index < -0.39 is 0 Å². The minimum Gasteiger partial charge on any atom is -0.490 e. The molecule has 1 rings (SSSR count). The summed E-state index contributed by atoms with van der Waals surface area (Å²) in [6.45, 7) is 3.80. The minimum absolute atomic E-state index is 0.265. The number of esters is 1. The number of carbonyl (C=O) groups excluding carboxylic acids is 1. The van der Waals surface area contributed by atoms with Gasteiger partial charge in [-0.2, -0.15) is 0 Å². The first-order valence-electron chi connectivity index (χ1n) is 6.86. The maximum atomic E-state index is 13.8. The number of benzene rings is 1. The van der Waals surface area contributed by atoms with Crippen molar-refractivity contribution in [2.45, 2.75) is 32.7 Å². The van der Waals surface area contributed by atoms with Crippen molar-refractivity contribution in [3.05, 3.63) is 29.6 Å². The molecule has 0 aliphatic carbocycles. The van der Waals surface area contributed by atoms with E-state index in [2.05, 4.69) is 17.0 Å². The fourth-order valence-corrected chi connectivity index (χ4v) is 1.75. The summed E-state index contributed by atoms with van der Waals surface area (Å²) < 4.78 is 23.8. The smallest absolute Gasteiger partial charge is 0.305 e. The molecule has 1 aromatic carbocycles. The van der Waals surface area contributed by atoms with Crippen molar-refractivity contribution >= 4 is 5.97 Å². The van der Waals surface area contributed by atoms with Gasteiger partial charge in [0.15, 0.2) is 11.6 Å². The summed E-state index contributed by atoms with van der Waals surface area (Å²) in [5.41, 5.74) is 0.788. The molecule has 0 unspecified atom stereocenters. The molecular formula is C15H22FNO3. The number of hydrogen-bond acceptors (Lipinski definition) is 4. The molecule has 0 aliphatic rings. The predicted molar refractivity (Wildman–Crippen MR) is 75.1 cm³/mol. The lowest BCUT2D eigenvalue weighted by Crippen LogP contribution is -2.15. The van der Waals surface area contributed by atoms with Crippen LogP contribution in [0.2, 0.25) is 0 Å². The molecule has 1 N–H and O–H groups in total. The largest absolute Gasteiger partial charge is 0.490 e. The second-order valence-electron chi connectivity index (χ2n) is 4.43. The first-order chi connectivity index (χ1) is 9.69. The monoisotopic (exact) mass is 283 g/mol. The molecule has 0 saturated carbocycles. The number of hydrogen-bond donors (Lipinski definition) is 1. The van der Waals surface area contributed by atoms with Gasteiger partial charge in [-0.25, -0.2) is 4.39 Å². The molecule has 112 valence electrons. The van der Waals surface area contributed by atoms with Crippen molar-refractivity contribution in [2.75, 3.05) is 20.3 Å². The SMILES string of the molecule is CCCNCc1cccc(F)c1OCCCC(=O)OC. The van der Waals surface area contributed by atoms with E-state index in [0.717, 1.165) is 18.5 Å². The fourth-order valence-electron chi connectivity index (χ4n) is 1.75. The van der Waals surface area contributed by atoms with E-state index in [1.54, 1.807) is 6.07 Å². The van der Waals surface area contributed by atoms with Crippen LogP contribution in [0.15, 0.2) is 18.2 Å². The summed E-state index contributed by atoms with van der Waals surface area (Å²) in [4.78, 5) is 11.0. The van der Waals surface area contributed by atoms with Crippen molar-refractivity contribution < 1.29 is 18.7 Å². The second-order valence-corrected chi connectivity index (χ2v) is 4.43. The summed E-state index contributed by atoms with van der Waals surface area (Å²) >= 11 is 0. The zero-order chi connectivity index (χ0) is 14.8. The number of halogens is 1. The first-order valence-corrected chi connectivity index (χ1v) is 6.86. The number of rotatable bonds is 9. The Morgan fingerprint density at radius 3 is 2.90 bits per heavy atom. The summed E-state index contributed by atoms with van der Waals surface area (Å²) in [5, 5.41) is 3.22. The molecule has 0 aromatic heterocycles. The molecule has 20 heavy (non-hydrogen) atoms. The fraction of sp³-hybridized carbons (Fsp3) is 0.533. The average Bonchev–Trinajstić information content (AvgIpc) is 2.45. The Kier molecular flexibility index (Phi) is 7.65. The number of carbonyl (C=O) groups is 1. The van der Waals surface area contributed by atoms with Crippen LogP contribution in [0.1, 0.15) is 31.7 Å². The third kappa shape index (κ3) is 5.57. The van der Waals surface area contributed by atoms with Crippen LogP contribution in [-0.2, 0) is 16.1 Å². The van der Waals surface area contributed by atoms with E-state index >= 15 is 0 Å². The average molecular weight is 283 g/mol. The molecule has 0 radical (unpaired) electrons. The lowest BCUT2D eigenvalue weighted by molar-refractivity contribution is -0.140. The number of nitrogens with one attached hydrogen (secondary N) is 1. The van der Waals surface area contributed by atoms with Crippen molar-refractivity contribution in [3.63, 3.8) is 0 Å². The third-order valence-corrected chi connectivity index (χ3v) is 2.79. The van der Waals surface area contributed by atoms with Gasteiger partial charge in [0.25, 0.3) is 0 Å². The van der Waals surface area contributed by atoms with Crippen molar-refractivity contribution in [1.29, 1.82) is 0 Å². The molecule has 4 nitrogen and oxygen atoms in total. The van der Waals surface area contributed by atoms with Gasteiger partial charge in [-0.3, -0.25) is 4.79 Å². The topological polar surface area (TPSA) is 47.6 Å². The van der Waals surface area contributed by atoms with E-state index in [4.69, 9.17) is 4.74 Å². The Morgan fingerprint density at radius 1 is 1.40 bits per heavy atom. The quantitative estimate of drug-likeness (QED) is 0.559. The molecular weight excluding hydrogens is 261 g/mol. The molecule has 0 spiro atoms.